The summed E-state index contributed by atoms with van der Waals surface area (Å²) in [5.41, 5.74) is 2.27. The first-order chi connectivity index (χ1) is 14.2. The van der Waals surface area contributed by atoms with Gasteiger partial charge in [-0.1, -0.05) is 48.5 Å². The number of piperazine rings is 1. The van der Waals surface area contributed by atoms with E-state index in [0.29, 0.717) is 19.5 Å². The molecule has 2 fully saturated rings. The summed E-state index contributed by atoms with van der Waals surface area (Å²) in [5.74, 6) is 0.491. The standard InChI is InChI=1S/C24H29N3O2/c28-23(19-20-7-3-1-4-8-20)26-13-11-21(12-14-26)24(29)27-17-15-25(16-18-27)22-9-5-2-6-10-22/h1-10,21H,11-19H2. The molecule has 2 heterocycles. The zero-order chi connectivity index (χ0) is 20.1. The molecule has 0 N–H and O–H groups in total. The highest BCUT2D eigenvalue weighted by atomic mass is 16.2. The summed E-state index contributed by atoms with van der Waals surface area (Å²) in [7, 11) is 0. The average Bonchev–Trinajstić information content (AvgIpc) is 2.80. The van der Waals surface area contributed by atoms with E-state index in [1.54, 1.807) is 0 Å². The second-order valence-electron chi connectivity index (χ2n) is 7.97. The van der Waals surface area contributed by atoms with E-state index in [-0.39, 0.29) is 17.7 Å². The first kappa shape index (κ1) is 19.5. The predicted octanol–water partition coefficient (Wildman–Crippen LogP) is 2.82. The van der Waals surface area contributed by atoms with Crippen LogP contribution in [0.15, 0.2) is 60.7 Å². The van der Waals surface area contributed by atoms with Crippen LogP contribution in [0.3, 0.4) is 0 Å². The fourth-order valence-corrected chi connectivity index (χ4v) is 4.34. The highest BCUT2D eigenvalue weighted by Crippen LogP contribution is 2.22. The van der Waals surface area contributed by atoms with Gasteiger partial charge in [0.05, 0.1) is 6.42 Å². The third-order valence-electron chi connectivity index (χ3n) is 6.11. The van der Waals surface area contributed by atoms with Crippen LogP contribution in [0.5, 0.6) is 0 Å². The number of carbonyl (C=O) groups is 2. The molecule has 29 heavy (non-hydrogen) atoms. The second-order valence-corrected chi connectivity index (χ2v) is 7.97. The molecule has 0 aliphatic carbocycles. The number of carbonyl (C=O) groups excluding carboxylic acids is 2. The van der Waals surface area contributed by atoms with E-state index in [2.05, 4.69) is 29.2 Å². The van der Waals surface area contributed by atoms with Crippen molar-refractivity contribution in [3.8, 4) is 0 Å². The summed E-state index contributed by atoms with van der Waals surface area (Å²) in [6.45, 7) is 4.69. The van der Waals surface area contributed by atoms with Crippen LogP contribution in [0, 0.1) is 5.92 Å². The molecule has 0 bridgehead atoms. The quantitative estimate of drug-likeness (QED) is 0.805. The number of nitrogens with zero attached hydrogens (tertiary/aromatic N) is 3. The Balaban J connectivity index is 1.24. The topological polar surface area (TPSA) is 43.9 Å². The average molecular weight is 392 g/mol. The van der Waals surface area contributed by atoms with Crippen LogP contribution >= 0.6 is 0 Å². The minimum absolute atomic E-state index is 0.0547. The van der Waals surface area contributed by atoms with Crippen molar-refractivity contribution in [1.29, 1.82) is 0 Å². The predicted molar refractivity (Wildman–Crippen MR) is 115 cm³/mol. The van der Waals surface area contributed by atoms with Gasteiger partial charge in [-0.15, -0.1) is 0 Å². The molecule has 0 radical (unpaired) electrons. The van der Waals surface area contributed by atoms with Gasteiger partial charge in [-0.3, -0.25) is 9.59 Å². The lowest BCUT2D eigenvalue weighted by Crippen LogP contribution is -2.52. The van der Waals surface area contributed by atoms with Crippen molar-refractivity contribution >= 4 is 17.5 Å². The molecule has 0 unspecified atom stereocenters. The van der Waals surface area contributed by atoms with Crippen molar-refractivity contribution in [3.05, 3.63) is 66.2 Å². The Morgan fingerprint density at radius 3 is 1.93 bits per heavy atom. The Hall–Kier alpha value is -2.82. The molecule has 2 amide bonds. The third-order valence-corrected chi connectivity index (χ3v) is 6.11. The molecule has 0 saturated carbocycles. The molecular formula is C24H29N3O2. The first-order valence-corrected chi connectivity index (χ1v) is 10.6. The van der Waals surface area contributed by atoms with E-state index in [9.17, 15) is 9.59 Å². The Kier molecular flexibility index (Phi) is 6.13. The molecule has 5 nitrogen and oxygen atoms in total. The minimum Gasteiger partial charge on any atom is -0.368 e. The number of benzene rings is 2. The number of rotatable bonds is 4. The molecule has 5 heteroatoms. The Labute approximate surface area is 172 Å². The summed E-state index contributed by atoms with van der Waals surface area (Å²) >= 11 is 0. The molecule has 0 spiro atoms. The van der Waals surface area contributed by atoms with Crippen molar-refractivity contribution in [2.45, 2.75) is 19.3 Å². The Morgan fingerprint density at radius 2 is 1.31 bits per heavy atom. The van der Waals surface area contributed by atoms with Crippen molar-refractivity contribution in [2.75, 3.05) is 44.2 Å². The van der Waals surface area contributed by atoms with Gasteiger partial charge >= 0.3 is 0 Å². The molecular weight excluding hydrogens is 362 g/mol. The van der Waals surface area contributed by atoms with E-state index < -0.39 is 0 Å². The maximum absolute atomic E-state index is 13.0. The monoisotopic (exact) mass is 391 g/mol. The zero-order valence-electron chi connectivity index (χ0n) is 16.9. The van der Waals surface area contributed by atoms with Crippen molar-refractivity contribution in [3.63, 3.8) is 0 Å². The van der Waals surface area contributed by atoms with Crippen LogP contribution in [-0.4, -0.2) is 60.9 Å². The molecule has 0 atom stereocenters. The van der Waals surface area contributed by atoms with Crippen LogP contribution < -0.4 is 4.90 Å². The van der Waals surface area contributed by atoms with Crippen molar-refractivity contribution in [2.24, 2.45) is 5.92 Å². The number of anilines is 1. The van der Waals surface area contributed by atoms with Gasteiger partial charge in [-0.05, 0) is 30.5 Å². The highest BCUT2D eigenvalue weighted by Gasteiger charge is 2.31. The fraction of sp³-hybridized carbons (Fsp3) is 0.417. The smallest absolute Gasteiger partial charge is 0.226 e. The van der Waals surface area contributed by atoms with Crippen LogP contribution in [0.25, 0.3) is 0 Å². The third kappa shape index (κ3) is 4.78. The SMILES string of the molecule is O=C(Cc1ccccc1)N1CCC(C(=O)N2CCN(c3ccccc3)CC2)CC1. The molecule has 152 valence electrons. The molecule has 2 aliphatic heterocycles. The summed E-state index contributed by atoms with van der Waals surface area (Å²) in [6, 6.07) is 20.3. The molecule has 2 aromatic rings. The zero-order valence-corrected chi connectivity index (χ0v) is 16.9. The molecule has 2 saturated heterocycles. The van der Waals surface area contributed by atoms with Crippen LogP contribution in [0.4, 0.5) is 5.69 Å². The van der Waals surface area contributed by atoms with E-state index in [4.69, 9.17) is 0 Å². The van der Waals surface area contributed by atoms with Crippen LogP contribution in [0.1, 0.15) is 18.4 Å². The second kappa shape index (κ2) is 9.12. The van der Waals surface area contributed by atoms with Crippen molar-refractivity contribution in [1.82, 2.24) is 9.80 Å². The number of amides is 2. The van der Waals surface area contributed by atoms with Gasteiger partial charge in [0.25, 0.3) is 0 Å². The lowest BCUT2D eigenvalue weighted by Gasteiger charge is -2.39. The van der Waals surface area contributed by atoms with Gasteiger partial charge in [0, 0.05) is 50.9 Å². The molecule has 4 rings (SSSR count). The lowest BCUT2D eigenvalue weighted by atomic mass is 9.94. The number of hydrogen-bond donors (Lipinski definition) is 0. The van der Waals surface area contributed by atoms with Gasteiger partial charge in [-0.25, -0.2) is 0 Å². The van der Waals surface area contributed by atoms with Gasteiger partial charge in [0.15, 0.2) is 0 Å². The van der Waals surface area contributed by atoms with Gasteiger partial charge in [-0.2, -0.15) is 0 Å². The highest BCUT2D eigenvalue weighted by molar-refractivity contribution is 5.81. The number of piperidine rings is 1. The fourth-order valence-electron chi connectivity index (χ4n) is 4.34. The van der Waals surface area contributed by atoms with Crippen molar-refractivity contribution < 1.29 is 9.59 Å². The van der Waals surface area contributed by atoms with Gasteiger partial charge in [0.1, 0.15) is 0 Å². The van der Waals surface area contributed by atoms with E-state index >= 15 is 0 Å². The van der Waals surface area contributed by atoms with Gasteiger partial charge < -0.3 is 14.7 Å². The Morgan fingerprint density at radius 1 is 0.724 bits per heavy atom. The number of likely N-dealkylation sites (tertiary alicyclic amines) is 1. The lowest BCUT2D eigenvalue weighted by molar-refractivity contribution is -0.140. The summed E-state index contributed by atoms with van der Waals surface area (Å²) in [4.78, 5) is 31.8. The van der Waals surface area contributed by atoms with Crippen LogP contribution in [0.2, 0.25) is 0 Å². The maximum atomic E-state index is 13.0. The Bertz CT molecular complexity index is 809. The summed E-state index contributed by atoms with van der Waals surface area (Å²) in [5, 5.41) is 0. The summed E-state index contributed by atoms with van der Waals surface area (Å²) in [6.07, 6.45) is 2.00. The largest absolute Gasteiger partial charge is 0.368 e. The first-order valence-electron chi connectivity index (χ1n) is 10.6. The minimum atomic E-state index is 0.0547. The van der Waals surface area contributed by atoms with E-state index in [1.807, 2.05) is 46.2 Å². The number of hydrogen-bond acceptors (Lipinski definition) is 3. The van der Waals surface area contributed by atoms with E-state index in [0.717, 1.165) is 44.6 Å². The maximum Gasteiger partial charge on any atom is 0.226 e. The number of para-hydroxylation sites is 1. The molecule has 2 aromatic carbocycles. The normalized spacial score (nSPS) is 18.0. The van der Waals surface area contributed by atoms with Gasteiger partial charge in [0.2, 0.25) is 11.8 Å². The summed E-state index contributed by atoms with van der Waals surface area (Å²) < 4.78 is 0. The molecule has 2 aliphatic rings. The van der Waals surface area contributed by atoms with E-state index in [1.165, 1.54) is 5.69 Å². The molecule has 0 aromatic heterocycles. The van der Waals surface area contributed by atoms with Crippen LogP contribution in [-0.2, 0) is 16.0 Å².